The average Bonchev–Trinajstić information content (AvgIpc) is 3.11. The van der Waals surface area contributed by atoms with Crippen LogP contribution in [0.4, 0.5) is 28.0 Å². The Morgan fingerprint density at radius 3 is 2.08 bits per heavy atom. The minimum Gasteiger partial charge on any atom is -0.542 e. The van der Waals surface area contributed by atoms with E-state index in [0.29, 0.717) is 35.4 Å². The van der Waals surface area contributed by atoms with Crippen molar-refractivity contribution < 1.29 is 56.2 Å². The molecule has 1 unspecified atom stereocenters. The number of aliphatic carboxylic acids is 1. The highest BCUT2D eigenvalue weighted by Crippen LogP contribution is 2.29. The zero-order valence-corrected chi connectivity index (χ0v) is 29.3. The summed E-state index contributed by atoms with van der Waals surface area (Å²) in [5.74, 6) is -3.72. The number of urea groups is 1. The lowest BCUT2D eigenvalue weighted by atomic mass is 9.89. The van der Waals surface area contributed by atoms with Crippen LogP contribution in [0.2, 0.25) is 0 Å². The van der Waals surface area contributed by atoms with Gasteiger partial charge in [-0.05, 0) is 79.8 Å². The van der Waals surface area contributed by atoms with Crippen molar-refractivity contribution >= 4 is 29.6 Å². The summed E-state index contributed by atoms with van der Waals surface area (Å²) in [6.45, 7) is 2.08. The van der Waals surface area contributed by atoms with Crippen molar-refractivity contribution in [2.45, 2.75) is 76.2 Å². The number of phenols is 1. The Morgan fingerprint density at radius 2 is 1.51 bits per heavy atom. The highest BCUT2D eigenvalue weighted by atomic mass is 19.4. The predicted octanol–water partition coefficient (Wildman–Crippen LogP) is 5.06. The molecule has 286 valence electrons. The topological polar surface area (TPSA) is 162 Å². The monoisotopic (exact) mass is 744 g/mol. The van der Waals surface area contributed by atoms with Gasteiger partial charge in [-0.25, -0.2) is 9.18 Å². The second kappa shape index (κ2) is 18.0. The van der Waals surface area contributed by atoms with Crippen molar-refractivity contribution in [3.8, 4) is 11.5 Å². The minimum absolute atomic E-state index is 0.0800. The lowest BCUT2D eigenvalue weighted by Crippen LogP contribution is -2.62. The van der Waals surface area contributed by atoms with Crippen molar-refractivity contribution in [2.75, 3.05) is 25.5 Å². The number of aromatic hydroxyl groups is 1. The largest absolute Gasteiger partial charge is 0.542 e. The van der Waals surface area contributed by atoms with Gasteiger partial charge in [0.1, 0.15) is 35.9 Å². The van der Waals surface area contributed by atoms with Gasteiger partial charge in [0.05, 0.1) is 32.1 Å². The van der Waals surface area contributed by atoms with Crippen LogP contribution in [-0.2, 0) is 27.3 Å². The summed E-state index contributed by atoms with van der Waals surface area (Å²) in [5, 5.41) is 21.5. The third kappa shape index (κ3) is 12.2. The number of carbonyl (C=O) groups excluding carboxylic acids is 4. The van der Waals surface area contributed by atoms with Gasteiger partial charge >= 0.3 is 18.2 Å². The molecule has 53 heavy (non-hydrogen) atoms. The standard InChI is InChI=1S/C36H43FN4O5.C2HF3O2/c1-41(23-26-9-13-28(37)14-10-26)21-5-8-30(24-41)40(33(34(38)43)22-25-11-17-31(42)18-12-25)36(45)39-29-15-19-32(20-16-29)46-35(44)27-6-3-2-4-7-27;3-2(4,5)1(6)7/h9-20,27,30,33H,2-8,21-24H2,1H3,(H3-,38,39,42,43,45);(H,6,7)/t30-,33-,41?;/m0./s1. The number of rotatable bonds is 10. The van der Waals surface area contributed by atoms with Gasteiger partial charge in [0.25, 0.3) is 0 Å². The molecule has 1 aliphatic carbocycles. The maximum Gasteiger partial charge on any atom is 0.430 e. The number of nitrogens with zero attached hydrogens (tertiary/aromatic N) is 2. The second-order valence-electron chi connectivity index (χ2n) is 13.8. The van der Waals surface area contributed by atoms with Gasteiger partial charge < -0.3 is 40.2 Å². The van der Waals surface area contributed by atoms with Gasteiger partial charge in [-0.2, -0.15) is 13.2 Å². The molecule has 3 aromatic carbocycles. The molecule has 3 aromatic rings. The second-order valence-corrected chi connectivity index (χ2v) is 13.8. The normalized spacial score (nSPS) is 19.5. The van der Waals surface area contributed by atoms with Crippen LogP contribution in [0.25, 0.3) is 0 Å². The number of carbonyl (C=O) groups is 4. The number of likely N-dealkylation sites (N-methyl/N-ethyl adjacent to an activating group) is 1. The van der Waals surface area contributed by atoms with Crippen molar-refractivity contribution in [3.05, 3.63) is 89.7 Å². The van der Waals surface area contributed by atoms with Crippen LogP contribution in [0.1, 0.15) is 56.1 Å². The van der Waals surface area contributed by atoms with Crippen LogP contribution in [-0.4, -0.2) is 76.8 Å². The summed E-state index contributed by atoms with van der Waals surface area (Å²) in [5.41, 5.74) is 8.21. The van der Waals surface area contributed by atoms with Crippen LogP contribution in [0, 0.1) is 11.7 Å². The lowest BCUT2D eigenvalue weighted by Gasteiger charge is -2.46. The van der Waals surface area contributed by atoms with Crippen molar-refractivity contribution in [1.82, 2.24) is 4.90 Å². The molecule has 0 spiro atoms. The molecule has 2 fully saturated rings. The van der Waals surface area contributed by atoms with Gasteiger partial charge in [0, 0.05) is 17.7 Å². The zero-order valence-electron chi connectivity index (χ0n) is 29.3. The number of hydrogen-bond donors (Lipinski definition) is 3. The fraction of sp³-hybridized carbons (Fsp3) is 0.421. The van der Waals surface area contributed by atoms with Gasteiger partial charge in [-0.1, -0.05) is 43.5 Å². The Morgan fingerprint density at radius 1 is 0.925 bits per heavy atom. The fourth-order valence-electron chi connectivity index (χ4n) is 6.89. The summed E-state index contributed by atoms with van der Waals surface area (Å²) < 4.78 is 51.3. The molecule has 2 aliphatic rings. The van der Waals surface area contributed by atoms with Crippen LogP contribution >= 0.6 is 0 Å². The van der Waals surface area contributed by atoms with E-state index in [2.05, 4.69) is 12.4 Å². The maximum atomic E-state index is 14.1. The minimum atomic E-state index is -5.19. The summed E-state index contributed by atoms with van der Waals surface area (Å²) >= 11 is 0. The number of quaternary nitrogens is 1. The molecule has 3 amide bonds. The number of halogens is 4. The SMILES string of the molecule is C[N+]1(Cc2ccc(F)cc2)CCC[C@H](N(C(=O)Nc2ccc(OC(=O)C3CCCCC3)cc2)[C@@H](Cc2ccc(O)cc2)C(N)=O)C1.O=C([O-])C(F)(F)F. The van der Waals surface area contributed by atoms with E-state index in [1.165, 1.54) is 24.3 Å². The molecule has 1 saturated carbocycles. The van der Waals surface area contributed by atoms with E-state index >= 15 is 0 Å². The first kappa shape index (κ1) is 40.6. The van der Waals surface area contributed by atoms with Crippen LogP contribution in [0.5, 0.6) is 11.5 Å². The third-order valence-corrected chi connectivity index (χ3v) is 9.52. The van der Waals surface area contributed by atoms with E-state index < -0.39 is 30.1 Å². The molecule has 15 heteroatoms. The number of nitrogens with two attached hydrogens (primary N) is 1. The summed E-state index contributed by atoms with van der Waals surface area (Å²) in [6.07, 6.45) is 1.38. The molecule has 1 aliphatic heterocycles. The Bertz CT molecular complexity index is 1700. The van der Waals surface area contributed by atoms with Crippen molar-refractivity contribution in [3.63, 3.8) is 0 Å². The van der Waals surface area contributed by atoms with E-state index in [9.17, 15) is 37.1 Å². The lowest BCUT2D eigenvalue weighted by molar-refractivity contribution is -0.928. The molecule has 0 bridgehead atoms. The highest BCUT2D eigenvalue weighted by molar-refractivity contribution is 5.94. The Kier molecular flexibility index (Phi) is 13.8. The number of esters is 1. The van der Waals surface area contributed by atoms with E-state index in [0.717, 1.165) is 56.2 Å². The number of piperidine rings is 1. The first-order valence-electron chi connectivity index (χ1n) is 17.4. The molecule has 3 atom stereocenters. The number of nitrogens with one attached hydrogen (secondary N) is 1. The van der Waals surface area contributed by atoms with E-state index in [-0.39, 0.29) is 35.9 Å². The number of ether oxygens (including phenoxy) is 1. The Labute approximate surface area is 304 Å². The smallest absolute Gasteiger partial charge is 0.430 e. The van der Waals surface area contributed by atoms with Crippen molar-refractivity contribution in [2.24, 2.45) is 11.7 Å². The number of amides is 3. The quantitative estimate of drug-likeness (QED) is 0.113. The number of carboxylic acid groups (broad SMARTS) is 1. The number of likely N-dealkylation sites (tertiary alicyclic amines) is 1. The molecule has 0 radical (unpaired) electrons. The Balaban J connectivity index is 0.000000815. The Hall–Kier alpha value is -5.18. The molecular weight excluding hydrogens is 700 g/mol. The van der Waals surface area contributed by atoms with Crippen LogP contribution in [0.15, 0.2) is 72.8 Å². The third-order valence-electron chi connectivity index (χ3n) is 9.52. The number of benzene rings is 3. The van der Waals surface area contributed by atoms with Gasteiger partial charge in [0.15, 0.2) is 0 Å². The number of alkyl halides is 3. The van der Waals surface area contributed by atoms with E-state index in [1.807, 2.05) is 0 Å². The molecule has 0 aromatic heterocycles. The molecular formula is C38H44F4N4O7. The number of phenolic OH excluding ortho intramolecular Hbond substituents is 1. The molecule has 4 N–H and O–H groups in total. The molecule has 11 nitrogen and oxygen atoms in total. The van der Waals surface area contributed by atoms with E-state index in [1.54, 1.807) is 53.4 Å². The number of anilines is 1. The molecule has 1 saturated heterocycles. The first-order valence-corrected chi connectivity index (χ1v) is 17.4. The average molecular weight is 745 g/mol. The first-order chi connectivity index (χ1) is 25.0. The fourth-order valence-corrected chi connectivity index (χ4v) is 6.89. The van der Waals surface area contributed by atoms with Gasteiger partial charge in [-0.15, -0.1) is 0 Å². The van der Waals surface area contributed by atoms with Gasteiger partial charge in [0.2, 0.25) is 5.91 Å². The summed E-state index contributed by atoms with van der Waals surface area (Å²) in [6, 6.07) is 17.9. The number of primary amides is 1. The molecule has 5 rings (SSSR count). The van der Waals surface area contributed by atoms with E-state index in [4.69, 9.17) is 20.4 Å². The summed E-state index contributed by atoms with van der Waals surface area (Å²) in [7, 11) is 2.11. The zero-order chi connectivity index (χ0) is 38.8. The number of hydrogen-bond acceptors (Lipinski definition) is 7. The van der Waals surface area contributed by atoms with Gasteiger partial charge in [-0.3, -0.25) is 9.59 Å². The highest BCUT2D eigenvalue weighted by Gasteiger charge is 2.41. The predicted molar refractivity (Wildman–Crippen MR) is 184 cm³/mol. The van der Waals surface area contributed by atoms with Crippen molar-refractivity contribution in [1.29, 1.82) is 0 Å². The van der Waals surface area contributed by atoms with Crippen LogP contribution in [0.3, 0.4) is 0 Å². The summed E-state index contributed by atoms with van der Waals surface area (Å²) in [4.78, 5) is 50.1. The maximum absolute atomic E-state index is 14.1. The molecule has 1 heterocycles. The number of carboxylic acids is 1. The van der Waals surface area contributed by atoms with Crippen LogP contribution < -0.4 is 20.9 Å².